The molecule has 0 saturated heterocycles. The molecule has 0 aromatic heterocycles. The van der Waals surface area contributed by atoms with Crippen molar-refractivity contribution in [1.29, 1.82) is 0 Å². The highest BCUT2D eigenvalue weighted by molar-refractivity contribution is 5.72. The molecule has 0 aliphatic heterocycles. The van der Waals surface area contributed by atoms with Crippen molar-refractivity contribution < 1.29 is 9.90 Å². The van der Waals surface area contributed by atoms with Gasteiger partial charge in [0.2, 0.25) is 0 Å². The van der Waals surface area contributed by atoms with Gasteiger partial charge in [0.15, 0.2) is 0 Å². The van der Waals surface area contributed by atoms with Gasteiger partial charge >= 0.3 is 5.97 Å². The maximum absolute atomic E-state index is 9.57. The molecule has 0 spiro atoms. The predicted molar refractivity (Wildman–Crippen MR) is 24.5 cm³/mol. The zero-order chi connectivity index (χ0) is 5.15. The molecule has 0 rings (SSSR count). The highest BCUT2D eigenvalue weighted by Gasteiger charge is 1.99. The second-order valence-electron chi connectivity index (χ2n) is 1.13. The number of nitrogens with two attached hydrogens (primary N) is 1. The number of carboxylic acids is 1. The van der Waals surface area contributed by atoms with Crippen molar-refractivity contribution in [2.45, 2.75) is 13.0 Å². The Kier molecular flexibility index (Phi) is 4.99. The Balaban J connectivity index is 0. The molecular formula is C4H7NO2. The summed E-state index contributed by atoms with van der Waals surface area (Å²) in [7, 11) is 0. The van der Waals surface area contributed by atoms with Gasteiger partial charge in [0.25, 0.3) is 0 Å². The maximum Gasteiger partial charge on any atom is 0.320 e. The van der Waals surface area contributed by atoms with Crippen LogP contribution < -0.4 is 5.73 Å². The van der Waals surface area contributed by atoms with Gasteiger partial charge in [-0.05, 0) is 6.92 Å². The van der Waals surface area contributed by atoms with Crippen LogP contribution in [-0.4, -0.2) is 17.1 Å². The Labute approximate surface area is 43.1 Å². The second kappa shape index (κ2) is 3.61. The van der Waals surface area contributed by atoms with Gasteiger partial charge in [-0.1, -0.05) is 0 Å². The van der Waals surface area contributed by atoms with Crippen LogP contribution in [-0.2, 0) is 4.79 Å². The maximum atomic E-state index is 9.57. The summed E-state index contributed by atoms with van der Waals surface area (Å²) in [4.78, 5) is 9.57. The highest BCUT2D eigenvalue weighted by atomic mass is 16.4. The predicted octanol–water partition coefficient (Wildman–Crippen LogP) is -0.501. The van der Waals surface area contributed by atoms with E-state index in [-0.39, 0.29) is 7.43 Å². The van der Waals surface area contributed by atoms with Crippen molar-refractivity contribution in [3.63, 3.8) is 0 Å². The Morgan fingerprint density at radius 1 is 1.86 bits per heavy atom. The molecule has 0 amide bonds. The molecule has 0 aliphatic rings. The van der Waals surface area contributed by atoms with Crippen LogP contribution in [0.3, 0.4) is 0 Å². The van der Waals surface area contributed by atoms with Gasteiger partial charge in [-0.2, -0.15) is 0 Å². The fraction of sp³-hybridized carbons (Fsp3) is 0.500. The van der Waals surface area contributed by atoms with Crippen molar-refractivity contribution in [3.8, 4) is 0 Å². The zero-order valence-electron chi connectivity index (χ0n) is 4.01. The number of carboxylic acid groups (broad SMARTS) is 1. The lowest BCUT2D eigenvalue weighted by Gasteiger charge is -1.90. The van der Waals surface area contributed by atoms with E-state index in [0.29, 0.717) is 0 Å². The zero-order valence-corrected chi connectivity index (χ0v) is 4.01. The van der Waals surface area contributed by atoms with E-state index < -0.39 is 12.0 Å². The van der Waals surface area contributed by atoms with E-state index in [1.807, 2.05) is 0 Å². The van der Waals surface area contributed by atoms with Crippen LogP contribution in [0.5, 0.6) is 0 Å². The molecule has 3 N–H and O–H groups in total. The summed E-state index contributed by atoms with van der Waals surface area (Å²) >= 11 is 0. The average Bonchev–Trinajstić information content (AvgIpc) is 1.36. The van der Waals surface area contributed by atoms with E-state index in [2.05, 4.69) is 0 Å². The molecule has 0 unspecified atom stereocenters. The second-order valence-corrected chi connectivity index (χ2v) is 1.13. The number of aliphatic carboxylic acids is 1. The summed E-state index contributed by atoms with van der Waals surface area (Å²) in [6, 6.07) is -0.731. The van der Waals surface area contributed by atoms with Crippen molar-refractivity contribution >= 4 is 5.97 Å². The molecule has 4 radical (unpaired) electrons. The quantitative estimate of drug-likeness (QED) is 0.468. The normalized spacial score (nSPS) is 11.7. The molecule has 0 aliphatic carbocycles. The molecule has 3 heteroatoms. The lowest BCUT2D eigenvalue weighted by Crippen LogP contribution is -2.25. The van der Waals surface area contributed by atoms with Gasteiger partial charge in [0.1, 0.15) is 6.04 Å². The van der Waals surface area contributed by atoms with Crippen LogP contribution in [0.1, 0.15) is 6.92 Å². The van der Waals surface area contributed by atoms with Crippen molar-refractivity contribution in [3.05, 3.63) is 7.43 Å². The van der Waals surface area contributed by atoms with Gasteiger partial charge in [0.05, 0.1) is 0 Å². The van der Waals surface area contributed by atoms with E-state index in [1.54, 1.807) is 0 Å². The van der Waals surface area contributed by atoms with E-state index in [9.17, 15) is 4.79 Å². The largest absolute Gasteiger partial charge is 0.480 e. The Hall–Kier alpha value is -0.570. The third-order valence-corrected chi connectivity index (χ3v) is 0.390. The number of rotatable bonds is 1. The Bertz CT molecular complexity index is 60.7. The summed E-state index contributed by atoms with van der Waals surface area (Å²) in [5, 5.41) is 7.87. The Morgan fingerprint density at radius 2 is 2.00 bits per heavy atom. The van der Waals surface area contributed by atoms with E-state index >= 15 is 0 Å². The van der Waals surface area contributed by atoms with Gasteiger partial charge in [-0.25, -0.2) is 0 Å². The molecule has 0 heterocycles. The number of hydrogen-bond acceptors (Lipinski definition) is 2. The van der Waals surface area contributed by atoms with E-state index in [0.717, 1.165) is 0 Å². The van der Waals surface area contributed by atoms with Crippen molar-refractivity contribution in [2.75, 3.05) is 0 Å². The van der Waals surface area contributed by atoms with Gasteiger partial charge in [-0.15, -0.1) is 0 Å². The first-order valence-electron chi connectivity index (χ1n) is 1.63. The van der Waals surface area contributed by atoms with Crippen LogP contribution in [0.4, 0.5) is 0 Å². The van der Waals surface area contributed by atoms with Crippen LogP contribution in [0.25, 0.3) is 0 Å². The summed E-state index contributed by atoms with van der Waals surface area (Å²) < 4.78 is 0. The first-order chi connectivity index (χ1) is 2.64. The summed E-state index contributed by atoms with van der Waals surface area (Å²) in [5.41, 5.74) is 4.84. The minimum atomic E-state index is -0.963. The summed E-state index contributed by atoms with van der Waals surface area (Å²) in [6.45, 7) is 1.42. The standard InChI is InChI=1S/C3H7NO2.C/c1-2(4)3(5)6;/h2H,4H2,1H3,(H,5,6);/t2-;/m0./s1. The summed E-state index contributed by atoms with van der Waals surface area (Å²) in [6.07, 6.45) is 0. The van der Waals surface area contributed by atoms with Crippen LogP contribution in [0.2, 0.25) is 0 Å². The smallest absolute Gasteiger partial charge is 0.320 e. The molecule has 0 saturated carbocycles. The van der Waals surface area contributed by atoms with E-state index in [1.165, 1.54) is 6.92 Å². The molecule has 0 aromatic carbocycles. The molecule has 7 heavy (non-hydrogen) atoms. The molecule has 1 atom stereocenters. The van der Waals surface area contributed by atoms with Gasteiger partial charge in [0, 0.05) is 7.43 Å². The molecular weight excluding hydrogens is 94.0 g/mol. The number of hydrogen-bond donors (Lipinski definition) is 2. The first kappa shape index (κ1) is 9.66. The van der Waals surface area contributed by atoms with Crippen LogP contribution >= 0.6 is 0 Å². The van der Waals surface area contributed by atoms with Gasteiger partial charge in [-0.3, -0.25) is 4.79 Å². The minimum Gasteiger partial charge on any atom is -0.480 e. The molecule has 3 nitrogen and oxygen atoms in total. The van der Waals surface area contributed by atoms with Crippen LogP contribution in [0.15, 0.2) is 0 Å². The average molecular weight is 101 g/mol. The van der Waals surface area contributed by atoms with Gasteiger partial charge < -0.3 is 10.8 Å². The third kappa shape index (κ3) is 5.43. The SMILES string of the molecule is C[C@H](N)C(=O)O.[C]. The lowest BCUT2D eigenvalue weighted by molar-refractivity contribution is -0.138. The van der Waals surface area contributed by atoms with Crippen molar-refractivity contribution in [1.82, 2.24) is 0 Å². The third-order valence-electron chi connectivity index (χ3n) is 0.390. The monoisotopic (exact) mass is 101 g/mol. The Morgan fingerprint density at radius 3 is 2.00 bits per heavy atom. The fourth-order valence-corrected chi connectivity index (χ4v) is 0. The van der Waals surface area contributed by atoms with Crippen LogP contribution in [0, 0.1) is 7.43 Å². The molecule has 40 valence electrons. The first-order valence-corrected chi connectivity index (χ1v) is 1.63. The topological polar surface area (TPSA) is 63.3 Å². The minimum absolute atomic E-state index is 0. The highest BCUT2D eigenvalue weighted by Crippen LogP contribution is 1.68. The molecule has 0 bridgehead atoms. The summed E-state index contributed by atoms with van der Waals surface area (Å²) in [5.74, 6) is -0.963. The number of carbonyl (C=O) groups is 1. The molecule has 0 fully saturated rings. The fourth-order valence-electron chi connectivity index (χ4n) is 0. The molecule has 0 aromatic rings. The lowest BCUT2D eigenvalue weighted by atomic mass is 10.4. The van der Waals surface area contributed by atoms with E-state index in [4.69, 9.17) is 10.8 Å². The van der Waals surface area contributed by atoms with Crippen molar-refractivity contribution in [2.24, 2.45) is 5.73 Å².